The Hall–Kier alpha value is -1.83. The van der Waals surface area contributed by atoms with Crippen LogP contribution < -0.4 is 15.5 Å². The third-order valence-electron chi connectivity index (χ3n) is 4.86. The zero-order valence-electron chi connectivity index (χ0n) is 14.9. The molecule has 0 spiro atoms. The van der Waals surface area contributed by atoms with Gasteiger partial charge in [-0.1, -0.05) is 17.7 Å². The van der Waals surface area contributed by atoms with Crippen LogP contribution in [0.3, 0.4) is 0 Å². The van der Waals surface area contributed by atoms with Crippen LogP contribution in [-0.2, 0) is 9.59 Å². The first-order chi connectivity index (χ1) is 12.6. The third kappa shape index (κ3) is 5.09. The summed E-state index contributed by atoms with van der Waals surface area (Å²) in [7, 11) is 0. The van der Waals surface area contributed by atoms with Gasteiger partial charge in [0.1, 0.15) is 0 Å². The minimum Gasteiger partial charge on any atom is -0.368 e. The largest absolute Gasteiger partial charge is 0.368 e. The monoisotopic (exact) mass is 379 g/mol. The number of hydrogen-bond donors (Lipinski definition) is 2. The van der Waals surface area contributed by atoms with Gasteiger partial charge in [-0.05, 0) is 18.2 Å². The molecule has 2 saturated heterocycles. The van der Waals surface area contributed by atoms with E-state index in [1.807, 2.05) is 24.3 Å². The van der Waals surface area contributed by atoms with E-state index in [4.69, 9.17) is 11.6 Å². The highest BCUT2D eigenvalue weighted by molar-refractivity contribution is 6.35. The Labute approximate surface area is 159 Å². The lowest BCUT2D eigenvalue weighted by Crippen LogP contribution is -2.53. The summed E-state index contributed by atoms with van der Waals surface area (Å²) in [5, 5.41) is 6.75. The molecule has 3 rings (SSSR count). The summed E-state index contributed by atoms with van der Waals surface area (Å²) in [6.45, 7) is 7.67. The quantitative estimate of drug-likeness (QED) is 0.721. The number of piperazine rings is 2. The van der Waals surface area contributed by atoms with E-state index in [2.05, 4.69) is 20.4 Å². The number of carbonyl (C=O) groups is 2. The zero-order chi connectivity index (χ0) is 18.4. The van der Waals surface area contributed by atoms with E-state index in [0.29, 0.717) is 37.7 Å². The molecule has 0 aliphatic carbocycles. The van der Waals surface area contributed by atoms with Gasteiger partial charge >= 0.3 is 11.8 Å². The summed E-state index contributed by atoms with van der Waals surface area (Å²) in [5.41, 5.74) is 1.05. The summed E-state index contributed by atoms with van der Waals surface area (Å²) in [6, 6.07) is 7.69. The Kier molecular flexibility index (Phi) is 6.71. The zero-order valence-corrected chi connectivity index (χ0v) is 15.7. The lowest BCUT2D eigenvalue weighted by atomic mass is 10.2. The fourth-order valence-electron chi connectivity index (χ4n) is 3.32. The van der Waals surface area contributed by atoms with E-state index in [1.165, 1.54) is 0 Å². The van der Waals surface area contributed by atoms with Gasteiger partial charge in [0.2, 0.25) is 0 Å². The number of benzene rings is 1. The van der Waals surface area contributed by atoms with Crippen LogP contribution >= 0.6 is 11.6 Å². The van der Waals surface area contributed by atoms with Crippen LogP contribution in [0, 0.1) is 0 Å². The van der Waals surface area contributed by atoms with Crippen molar-refractivity contribution in [2.45, 2.75) is 0 Å². The van der Waals surface area contributed by atoms with Gasteiger partial charge in [0.25, 0.3) is 0 Å². The average Bonchev–Trinajstić information content (AvgIpc) is 2.68. The van der Waals surface area contributed by atoms with Crippen molar-refractivity contribution in [3.05, 3.63) is 29.3 Å². The Morgan fingerprint density at radius 1 is 1.08 bits per heavy atom. The van der Waals surface area contributed by atoms with E-state index in [-0.39, 0.29) is 0 Å². The molecular formula is C18H26ClN5O2. The highest BCUT2D eigenvalue weighted by atomic mass is 35.5. The first-order valence-corrected chi connectivity index (χ1v) is 9.52. The molecule has 26 heavy (non-hydrogen) atoms. The maximum atomic E-state index is 12.3. The first-order valence-electron chi connectivity index (χ1n) is 9.14. The number of hydrogen-bond acceptors (Lipinski definition) is 5. The van der Waals surface area contributed by atoms with Gasteiger partial charge < -0.3 is 20.4 Å². The van der Waals surface area contributed by atoms with Crippen LogP contribution in [0.2, 0.25) is 5.02 Å². The molecular weight excluding hydrogens is 354 g/mol. The Morgan fingerprint density at radius 3 is 2.50 bits per heavy atom. The van der Waals surface area contributed by atoms with Crippen LogP contribution in [0.1, 0.15) is 0 Å². The predicted octanol–water partition coefficient (Wildman–Crippen LogP) is 0.0100. The van der Waals surface area contributed by atoms with Gasteiger partial charge in [-0.3, -0.25) is 14.5 Å². The summed E-state index contributed by atoms with van der Waals surface area (Å²) in [6.07, 6.45) is 0. The van der Waals surface area contributed by atoms with Gasteiger partial charge in [-0.15, -0.1) is 0 Å². The number of halogens is 1. The summed E-state index contributed by atoms with van der Waals surface area (Å²) in [5.74, 6) is -0.938. The van der Waals surface area contributed by atoms with E-state index in [1.54, 1.807) is 4.90 Å². The second-order valence-electron chi connectivity index (χ2n) is 6.61. The number of nitrogens with one attached hydrogen (secondary N) is 2. The number of amides is 2. The van der Waals surface area contributed by atoms with E-state index in [9.17, 15) is 9.59 Å². The first kappa shape index (κ1) is 18.9. The van der Waals surface area contributed by atoms with Crippen molar-refractivity contribution < 1.29 is 9.59 Å². The molecule has 2 fully saturated rings. The Morgan fingerprint density at radius 2 is 1.81 bits per heavy atom. The molecule has 1 aromatic carbocycles. The highest BCUT2D eigenvalue weighted by Crippen LogP contribution is 2.20. The molecule has 2 aliphatic heterocycles. The lowest BCUT2D eigenvalue weighted by Gasteiger charge is -2.35. The number of rotatable bonds is 4. The molecule has 2 amide bonds. The minimum absolute atomic E-state index is 0.434. The van der Waals surface area contributed by atoms with Crippen molar-refractivity contribution in [2.24, 2.45) is 0 Å². The smallest absolute Gasteiger partial charge is 0.312 e. The number of anilines is 1. The Bertz CT molecular complexity index is 628. The normalized spacial score (nSPS) is 18.7. The Balaban J connectivity index is 1.40. The van der Waals surface area contributed by atoms with Crippen molar-refractivity contribution in [2.75, 3.05) is 70.3 Å². The molecule has 2 aliphatic rings. The average molecular weight is 380 g/mol. The molecule has 2 heterocycles. The maximum Gasteiger partial charge on any atom is 0.312 e. The van der Waals surface area contributed by atoms with Crippen LogP contribution in [0.5, 0.6) is 0 Å². The van der Waals surface area contributed by atoms with Crippen LogP contribution in [0.25, 0.3) is 0 Å². The third-order valence-corrected chi connectivity index (χ3v) is 5.09. The molecule has 7 nitrogen and oxygen atoms in total. The van der Waals surface area contributed by atoms with E-state index >= 15 is 0 Å². The van der Waals surface area contributed by atoms with Crippen molar-refractivity contribution >= 4 is 29.1 Å². The van der Waals surface area contributed by atoms with Crippen molar-refractivity contribution in [3.8, 4) is 0 Å². The fourth-order valence-corrected chi connectivity index (χ4v) is 3.51. The molecule has 0 atom stereocenters. The van der Waals surface area contributed by atoms with Gasteiger partial charge in [0.05, 0.1) is 0 Å². The van der Waals surface area contributed by atoms with Gasteiger partial charge in [-0.2, -0.15) is 0 Å². The van der Waals surface area contributed by atoms with Crippen molar-refractivity contribution in [1.82, 2.24) is 20.4 Å². The maximum absolute atomic E-state index is 12.3. The summed E-state index contributed by atoms with van der Waals surface area (Å²) in [4.78, 5) is 30.5. The van der Waals surface area contributed by atoms with E-state index in [0.717, 1.165) is 38.4 Å². The number of nitrogens with zero attached hydrogens (tertiary/aromatic N) is 3. The van der Waals surface area contributed by atoms with Crippen molar-refractivity contribution in [1.29, 1.82) is 0 Å². The molecule has 2 N–H and O–H groups in total. The second-order valence-corrected chi connectivity index (χ2v) is 7.04. The fraction of sp³-hybridized carbons (Fsp3) is 0.556. The standard InChI is InChI=1S/C18H26ClN5O2/c19-15-2-1-3-16(14-15)23-10-12-24(13-11-23)18(26)17(25)21-6-9-22-7-4-20-5-8-22/h1-3,14,20H,4-13H2,(H,21,25). The van der Waals surface area contributed by atoms with Crippen LogP contribution in [0.15, 0.2) is 24.3 Å². The van der Waals surface area contributed by atoms with Crippen LogP contribution in [0.4, 0.5) is 5.69 Å². The minimum atomic E-state index is -0.503. The highest BCUT2D eigenvalue weighted by Gasteiger charge is 2.26. The van der Waals surface area contributed by atoms with E-state index < -0.39 is 11.8 Å². The second kappa shape index (κ2) is 9.21. The molecule has 0 aromatic heterocycles. The SMILES string of the molecule is O=C(NCCN1CCNCC1)C(=O)N1CCN(c2cccc(Cl)c2)CC1. The topological polar surface area (TPSA) is 67.9 Å². The molecule has 0 radical (unpaired) electrons. The van der Waals surface area contributed by atoms with Crippen molar-refractivity contribution in [3.63, 3.8) is 0 Å². The lowest BCUT2D eigenvalue weighted by molar-refractivity contribution is -0.146. The molecule has 0 saturated carbocycles. The number of carbonyl (C=O) groups excluding carboxylic acids is 2. The molecule has 1 aromatic rings. The van der Waals surface area contributed by atoms with Gasteiger partial charge in [0, 0.05) is 76.2 Å². The summed E-state index contributed by atoms with van der Waals surface area (Å²) < 4.78 is 0. The molecule has 8 heteroatoms. The molecule has 0 unspecified atom stereocenters. The predicted molar refractivity (Wildman–Crippen MR) is 103 cm³/mol. The summed E-state index contributed by atoms with van der Waals surface area (Å²) >= 11 is 6.04. The van der Waals surface area contributed by atoms with Crippen LogP contribution in [-0.4, -0.2) is 87.1 Å². The van der Waals surface area contributed by atoms with Gasteiger partial charge in [-0.25, -0.2) is 0 Å². The molecule has 142 valence electrons. The molecule has 0 bridgehead atoms. The van der Waals surface area contributed by atoms with Gasteiger partial charge in [0.15, 0.2) is 0 Å².